The molecule has 0 aliphatic rings. The van der Waals surface area contributed by atoms with E-state index in [2.05, 4.69) is 15.8 Å². The van der Waals surface area contributed by atoms with Crippen LogP contribution in [-0.2, 0) is 4.79 Å². The SMILES string of the molecule is CCOc1ccc2ccccc2c1C=NNC(=O)CCNC(=O)c1ccc(Cl)c(Cl)c1. The molecule has 0 aliphatic heterocycles. The summed E-state index contributed by atoms with van der Waals surface area (Å²) < 4.78 is 5.68. The smallest absolute Gasteiger partial charge is 0.251 e. The molecule has 2 amide bonds. The number of ether oxygens (including phenoxy) is 1. The van der Waals surface area contributed by atoms with Crippen molar-refractivity contribution < 1.29 is 14.3 Å². The van der Waals surface area contributed by atoms with Gasteiger partial charge in [-0.2, -0.15) is 5.10 Å². The molecule has 0 saturated carbocycles. The van der Waals surface area contributed by atoms with Gasteiger partial charge in [0.15, 0.2) is 0 Å². The fraction of sp³-hybridized carbons (Fsp3) is 0.174. The predicted molar refractivity (Wildman–Crippen MR) is 124 cm³/mol. The van der Waals surface area contributed by atoms with Crippen molar-refractivity contribution in [3.05, 3.63) is 75.8 Å². The fourth-order valence-electron chi connectivity index (χ4n) is 2.94. The number of fused-ring (bicyclic) bond motifs is 1. The van der Waals surface area contributed by atoms with Crippen molar-refractivity contribution in [3.63, 3.8) is 0 Å². The quantitative estimate of drug-likeness (QED) is 0.376. The monoisotopic (exact) mass is 457 g/mol. The van der Waals surface area contributed by atoms with E-state index in [1.807, 2.05) is 43.3 Å². The zero-order valence-electron chi connectivity index (χ0n) is 16.8. The van der Waals surface area contributed by atoms with Crippen molar-refractivity contribution in [1.82, 2.24) is 10.7 Å². The molecule has 31 heavy (non-hydrogen) atoms. The van der Waals surface area contributed by atoms with Gasteiger partial charge in [-0.05, 0) is 42.0 Å². The number of hydrogen-bond donors (Lipinski definition) is 2. The number of hydrogen-bond acceptors (Lipinski definition) is 4. The molecule has 8 heteroatoms. The molecule has 3 aromatic carbocycles. The zero-order valence-corrected chi connectivity index (χ0v) is 18.3. The Balaban J connectivity index is 1.56. The van der Waals surface area contributed by atoms with Gasteiger partial charge < -0.3 is 10.1 Å². The average molecular weight is 458 g/mol. The third-order valence-corrected chi connectivity index (χ3v) is 5.17. The lowest BCUT2D eigenvalue weighted by atomic mass is 10.0. The summed E-state index contributed by atoms with van der Waals surface area (Å²) in [6.07, 6.45) is 1.64. The van der Waals surface area contributed by atoms with Crippen LogP contribution in [-0.4, -0.2) is 31.2 Å². The van der Waals surface area contributed by atoms with Gasteiger partial charge >= 0.3 is 0 Å². The van der Waals surface area contributed by atoms with E-state index < -0.39 is 0 Å². The maximum absolute atomic E-state index is 12.1. The summed E-state index contributed by atoms with van der Waals surface area (Å²) in [5.74, 6) is 0.0175. The second-order valence-electron chi connectivity index (χ2n) is 6.56. The van der Waals surface area contributed by atoms with Crippen molar-refractivity contribution in [2.24, 2.45) is 5.10 Å². The summed E-state index contributed by atoms with van der Waals surface area (Å²) in [6, 6.07) is 16.3. The molecule has 6 nitrogen and oxygen atoms in total. The minimum absolute atomic E-state index is 0.0677. The van der Waals surface area contributed by atoms with Crippen LogP contribution in [0, 0.1) is 0 Å². The van der Waals surface area contributed by atoms with E-state index in [4.69, 9.17) is 27.9 Å². The summed E-state index contributed by atoms with van der Waals surface area (Å²) in [5, 5.41) is 9.40. The van der Waals surface area contributed by atoms with Crippen LogP contribution in [0.2, 0.25) is 10.0 Å². The largest absolute Gasteiger partial charge is 0.493 e. The van der Waals surface area contributed by atoms with Gasteiger partial charge in [0.2, 0.25) is 5.91 Å². The third-order valence-electron chi connectivity index (χ3n) is 4.43. The number of carbonyl (C=O) groups excluding carboxylic acids is 2. The van der Waals surface area contributed by atoms with Crippen molar-refractivity contribution >= 4 is 52.0 Å². The number of halogens is 2. The normalized spacial score (nSPS) is 10.9. The molecule has 0 heterocycles. The van der Waals surface area contributed by atoms with Gasteiger partial charge in [0.1, 0.15) is 5.75 Å². The van der Waals surface area contributed by atoms with Gasteiger partial charge in [-0.1, -0.05) is 53.5 Å². The Bertz CT molecular complexity index is 1130. The summed E-state index contributed by atoms with van der Waals surface area (Å²) in [6.45, 7) is 2.58. The van der Waals surface area contributed by atoms with Crippen LogP contribution >= 0.6 is 23.2 Å². The molecule has 0 bridgehead atoms. The molecule has 0 saturated heterocycles. The van der Waals surface area contributed by atoms with Crippen LogP contribution in [0.1, 0.15) is 29.3 Å². The van der Waals surface area contributed by atoms with Crippen LogP contribution in [0.3, 0.4) is 0 Å². The Morgan fingerprint density at radius 2 is 1.87 bits per heavy atom. The molecule has 0 spiro atoms. The van der Waals surface area contributed by atoms with E-state index in [-0.39, 0.29) is 24.8 Å². The molecular weight excluding hydrogens is 437 g/mol. The number of nitrogens with one attached hydrogen (secondary N) is 2. The van der Waals surface area contributed by atoms with E-state index in [1.54, 1.807) is 18.3 Å². The third kappa shape index (κ3) is 5.96. The van der Waals surface area contributed by atoms with Crippen molar-refractivity contribution in [2.45, 2.75) is 13.3 Å². The molecule has 0 radical (unpaired) electrons. The minimum Gasteiger partial charge on any atom is -0.493 e. The van der Waals surface area contributed by atoms with Crippen LogP contribution < -0.4 is 15.5 Å². The van der Waals surface area contributed by atoms with Crippen LogP contribution in [0.4, 0.5) is 0 Å². The lowest BCUT2D eigenvalue weighted by Gasteiger charge is -2.10. The lowest BCUT2D eigenvalue weighted by molar-refractivity contribution is -0.120. The van der Waals surface area contributed by atoms with Gasteiger partial charge in [-0.3, -0.25) is 9.59 Å². The molecular formula is C23H21Cl2N3O3. The van der Waals surface area contributed by atoms with Gasteiger partial charge in [0.25, 0.3) is 5.91 Å². The molecule has 3 aromatic rings. The Morgan fingerprint density at radius 1 is 1.06 bits per heavy atom. The molecule has 0 fully saturated rings. The van der Waals surface area contributed by atoms with Crippen LogP contribution in [0.25, 0.3) is 10.8 Å². The first-order chi connectivity index (χ1) is 15.0. The highest BCUT2D eigenvalue weighted by molar-refractivity contribution is 6.42. The van der Waals surface area contributed by atoms with Crippen molar-refractivity contribution in [2.75, 3.05) is 13.2 Å². The average Bonchev–Trinajstić information content (AvgIpc) is 2.77. The van der Waals surface area contributed by atoms with E-state index in [0.29, 0.717) is 28.0 Å². The Kier molecular flexibility index (Phi) is 7.87. The second kappa shape index (κ2) is 10.8. The molecule has 2 N–H and O–H groups in total. The summed E-state index contributed by atoms with van der Waals surface area (Å²) >= 11 is 11.8. The minimum atomic E-state index is -0.341. The maximum atomic E-state index is 12.1. The van der Waals surface area contributed by atoms with Gasteiger partial charge in [-0.15, -0.1) is 0 Å². The second-order valence-corrected chi connectivity index (χ2v) is 7.37. The molecule has 0 unspecified atom stereocenters. The number of rotatable bonds is 8. The molecule has 3 rings (SSSR count). The number of amides is 2. The highest BCUT2D eigenvalue weighted by atomic mass is 35.5. The first-order valence-electron chi connectivity index (χ1n) is 9.69. The topological polar surface area (TPSA) is 79.8 Å². The van der Waals surface area contributed by atoms with Crippen molar-refractivity contribution in [1.29, 1.82) is 0 Å². The number of carbonyl (C=O) groups is 2. The van der Waals surface area contributed by atoms with E-state index in [0.717, 1.165) is 16.3 Å². The molecule has 0 aromatic heterocycles. The lowest BCUT2D eigenvalue weighted by Crippen LogP contribution is -2.29. The fourth-order valence-corrected chi connectivity index (χ4v) is 3.24. The van der Waals surface area contributed by atoms with Gasteiger partial charge in [0, 0.05) is 24.1 Å². The summed E-state index contributed by atoms with van der Waals surface area (Å²) in [7, 11) is 0. The number of nitrogens with zero attached hydrogens (tertiary/aromatic N) is 1. The first kappa shape index (κ1) is 22.6. The highest BCUT2D eigenvalue weighted by Gasteiger charge is 2.09. The van der Waals surface area contributed by atoms with Crippen molar-refractivity contribution in [3.8, 4) is 5.75 Å². The van der Waals surface area contributed by atoms with E-state index >= 15 is 0 Å². The number of hydrazone groups is 1. The molecule has 160 valence electrons. The molecule has 0 aliphatic carbocycles. The highest BCUT2D eigenvalue weighted by Crippen LogP contribution is 2.26. The first-order valence-corrected chi connectivity index (χ1v) is 10.4. The predicted octanol–water partition coefficient (Wildman–Crippen LogP) is 4.82. The maximum Gasteiger partial charge on any atom is 0.251 e. The van der Waals surface area contributed by atoms with E-state index in [1.165, 1.54) is 6.07 Å². The Morgan fingerprint density at radius 3 is 2.65 bits per heavy atom. The standard InChI is InChI=1S/C23H21Cl2N3O3/c1-2-31-21-10-8-15-5-3-4-6-17(15)18(21)14-27-28-22(29)11-12-26-23(30)16-7-9-19(24)20(25)13-16/h3-10,13-14H,2,11-12H2,1H3,(H,26,30)(H,28,29). The summed E-state index contributed by atoms with van der Waals surface area (Å²) in [5.41, 5.74) is 3.63. The number of benzene rings is 3. The zero-order chi connectivity index (χ0) is 22.2. The molecule has 0 atom stereocenters. The Labute approximate surface area is 190 Å². The Hall–Kier alpha value is -3.09. The van der Waals surface area contributed by atoms with Gasteiger partial charge in [-0.25, -0.2) is 5.43 Å². The van der Waals surface area contributed by atoms with Crippen LogP contribution in [0.5, 0.6) is 5.75 Å². The van der Waals surface area contributed by atoms with E-state index in [9.17, 15) is 9.59 Å². The summed E-state index contributed by atoms with van der Waals surface area (Å²) in [4.78, 5) is 24.2. The van der Waals surface area contributed by atoms with Gasteiger partial charge in [0.05, 0.1) is 22.9 Å². The van der Waals surface area contributed by atoms with Crippen LogP contribution in [0.15, 0.2) is 59.7 Å².